The van der Waals surface area contributed by atoms with Gasteiger partial charge in [0.2, 0.25) is 0 Å². The van der Waals surface area contributed by atoms with Crippen molar-refractivity contribution in [2.75, 3.05) is 11.9 Å². The Morgan fingerprint density at radius 3 is 2.68 bits per heavy atom. The van der Waals surface area contributed by atoms with E-state index < -0.39 is 5.97 Å². The monoisotopic (exact) mass is 396 g/mol. The molecule has 0 aliphatic carbocycles. The quantitative estimate of drug-likeness (QED) is 0.510. The minimum atomic E-state index is -0.824. The first kappa shape index (κ1) is 16.0. The van der Waals surface area contributed by atoms with Gasteiger partial charge in [-0.3, -0.25) is 4.79 Å². The van der Waals surface area contributed by atoms with E-state index in [9.17, 15) is 9.59 Å². The second-order valence-electron chi connectivity index (χ2n) is 3.86. The number of nitrogens with one attached hydrogen (secondary N) is 2. The predicted molar refractivity (Wildman–Crippen MR) is 82.7 cm³/mol. The number of aliphatic carboxylic acids is 1. The van der Waals surface area contributed by atoms with Gasteiger partial charge in [-0.2, -0.15) is 0 Å². The van der Waals surface area contributed by atoms with Gasteiger partial charge in [0.15, 0.2) is 0 Å². The van der Waals surface area contributed by atoms with Crippen molar-refractivity contribution in [3.05, 3.63) is 26.8 Å². The Morgan fingerprint density at radius 2 is 2.05 bits per heavy atom. The molecular formula is C12H14ClIN2O3. The third kappa shape index (κ3) is 6.63. The normalized spacial score (nSPS) is 10.0. The van der Waals surface area contributed by atoms with E-state index in [0.29, 0.717) is 30.1 Å². The maximum atomic E-state index is 11.5. The topological polar surface area (TPSA) is 78.4 Å². The molecule has 0 fully saturated rings. The number of urea groups is 1. The maximum absolute atomic E-state index is 11.5. The summed E-state index contributed by atoms with van der Waals surface area (Å²) in [7, 11) is 0. The molecule has 1 aromatic rings. The number of carbonyl (C=O) groups is 2. The number of rotatable bonds is 6. The largest absolute Gasteiger partial charge is 0.481 e. The Balaban J connectivity index is 2.29. The molecule has 5 nitrogen and oxygen atoms in total. The van der Waals surface area contributed by atoms with Crippen LogP contribution in [0.1, 0.15) is 19.3 Å². The van der Waals surface area contributed by atoms with Crippen molar-refractivity contribution in [2.24, 2.45) is 0 Å². The number of unbranched alkanes of at least 4 members (excludes halogenated alkanes) is 1. The number of anilines is 1. The smallest absolute Gasteiger partial charge is 0.319 e. The highest BCUT2D eigenvalue weighted by Crippen LogP contribution is 2.23. The predicted octanol–water partition coefficient (Wildman–Crippen LogP) is 3.32. The first-order valence-corrected chi connectivity index (χ1v) is 7.16. The van der Waals surface area contributed by atoms with Crippen LogP contribution in [0.3, 0.4) is 0 Å². The summed E-state index contributed by atoms with van der Waals surface area (Å²) >= 11 is 8.11. The fourth-order valence-electron chi connectivity index (χ4n) is 1.36. The average molecular weight is 397 g/mol. The molecule has 7 heteroatoms. The van der Waals surface area contributed by atoms with Crippen LogP contribution in [-0.2, 0) is 4.79 Å². The zero-order valence-electron chi connectivity index (χ0n) is 10.1. The van der Waals surface area contributed by atoms with Crippen molar-refractivity contribution >= 4 is 51.9 Å². The van der Waals surface area contributed by atoms with Crippen molar-refractivity contribution in [1.82, 2.24) is 5.32 Å². The summed E-state index contributed by atoms with van der Waals surface area (Å²) in [4.78, 5) is 21.8. The van der Waals surface area contributed by atoms with Gasteiger partial charge in [0.1, 0.15) is 0 Å². The van der Waals surface area contributed by atoms with Gasteiger partial charge < -0.3 is 15.7 Å². The molecule has 0 radical (unpaired) electrons. The van der Waals surface area contributed by atoms with Crippen LogP contribution in [0.4, 0.5) is 10.5 Å². The highest BCUT2D eigenvalue weighted by molar-refractivity contribution is 14.1. The number of benzene rings is 1. The first-order valence-electron chi connectivity index (χ1n) is 5.70. The van der Waals surface area contributed by atoms with E-state index in [4.69, 9.17) is 16.7 Å². The summed E-state index contributed by atoms with van der Waals surface area (Å²) in [5.74, 6) is -0.824. The summed E-state index contributed by atoms with van der Waals surface area (Å²) < 4.78 is 0.988. The van der Waals surface area contributed by atoms with E-state index in [1.165, 1.54) is 0 Å². The number of carboxylic acids is 1. The lowest BCUT2D eigenvalue weighted by Crippen LogP contribution is -2.29. The molecule has 0 saturated carbocycles. The highest BCUT2D eigenvalue weighted by Gasteiger charge is 2.05. The summed E-state index contributed by atoms with van der Waals surface area (Å²) in [5.41, 5.74) is 0.546. The molecule has 2 amide bonds. The Morgan fingerprint density at radius 1 is 1.32 bits per heavy atom. The Hall–Kier alpha value is -1.02. The minimum Gasteiger partial charge on any atom is -0.481 e. The van der Waals surface area contributed by atoms with Crippen LogP contribution in [-0.4, -0.2) is 23.7 Å². The van der Waals surface area contributed by atoms with Crippen LogP contribution in [0, 0.1) is 3.57 Å². The van der Waals surface area contributed by atoms with Crippen molar-refractivity contribution in [1.29, 1.82) is 0 Å². The highest BCUT2D eigenvalue weighted by atomic mass is 127. The van der Waals surface area contributed by atoms with Gasteiger partial charge >= 0.3 is 12.0 Å². The van der Waals surface area contributed by atoms with Crippen molar-refractivity contribution in [2.45, 2.75) is 19.3 Å². The number of halogens is 2. The molecule has 104 valence electrons. The third-order valence-corrected chi connectivity index (χ3v) is 3.27. The van der Waals surface area contributed by atoms with Crippen LogP contribution in [0.25, 0.3) is 0 Å². The van der Waals surface area contributed by atoms with Crippen LogP contribution in [0.5, 0.6) is 0 Å². The van der Waals surface area contributed by atoms with E-state index in [2.05, 4.69) is 33.2 Å². The summed E-state index contributed by atoms with van der Waals surface area (Å²) in [6, 6.07) is 4.98. The summed E-state index contributed by atoms with van der Waals surface area (Å²) in [6.45, 7) is 0.432. The number of hydrogen-bond donors (Lipinski definition) is 3. The Bertz CT molecular complexity index is 468. The molecule has 19 heavy (non-hydrogen) atoms. The minimum absolute atomic E-state index is 0.117. The molecule has 0 bridgehead atoms. The number of carbonyl (C=O) groups excluding carboxylic acids is 1. The van der Waals surface area contributed by atoms with Crippen LogP contribution in [0.15, 0.2) is 18.2 Å². The Kier molecular flexibility index (Phi) is 6.93. The maximum Gasteiger partial charge on any atom is 0.319 e. The average Bonchev–Trinajstić information content (AvgIpc) is 2.32. The zero-order valence-corrected chi connectivity index (χ0v) is 13.0. The van der Waals surface area contributed by atoms with E-state index in [0.717, 1.165) is 3.57 Å². The molecule has 0 heterocycles. The lowest BCUT2D eigenvalue weighted by Gasteiger charge is -2.09. The fraction of sp³-hybridized carbons (Fsp3) is 0.333. The molecule has 1 rings (SSSR count). The van der Waals surface area contributed by atoms with Crippen LogP contribution < -0.4 is 10.6 Å². The lowest BCUT2D eigenvalue weighted by atomic mass is 10.2. The molecule has 0 unspecified atom stereocenters. The second-order valence-corrected chi connectivity index (χ2v) is 5.51. The first-order chi connectivity index (χ1) is 8.99. The van der Waals surface area contributed by atoms with E-state index in [1.807, 2.05) is 6.07 Å². The molecule has 3 N–H and O–H groups in total. The van der Waals surface area contributed by atoms with Gasteiger partial charge in [-0.25, -0.2) is 4.79 Å². The van der Waals surface area contributed by atoms with Crippen molar-refractivity contribution < 1.29 is 14.7 Å². The number of hydrogen-bond acceptors (Lipinski definition) is 2. The van der Waals surface area contributed by atoms with Crippen LogP contribution in [0.2, 0.25) is 5.02 Å². The second kappa shape index (κ2) is 8.21. The van der Waals surface area contributed by atoms with Gasteiger partial charge in [0, 0.05) is 16.5 Å². The Labute approximate surface area is 129 Å². The van der Waals surface area contributed by atoms with E-state index in [1.54, 1.807) is 12.1 Å². The molecule has 0 atom stereocenters. The van der Waals surface area contributed by atoms with Crippen molar-refractivity contribution in [3.63, 3.8) is 0 Å². The van der Waals surface area contributed by atoms with Gasteiger partial charge in [0.05, 0.1) is 10.7 Å². The lowest BCUT2D eigenvalue weighted by molar-refractivity contribution is -0.137. The number of amides is 2. The third-order valence-electron chi connectivity index (χ3n) is 2.28. The van der Waals surface area contributed by atoms with Gasteiger partial charge in [0.25, 0.3) is 0 Å². The van der Waals surface area contributed by atoms with Crippen LogP contribution >= 0.6 is 34.2 Å². The molecule has 0 saturated heterocycles. The summed E-state index contributed by atoms with van der Waals surface area (Å²) in [6.07, 6.45) is 1.28. The fourth-order valence-corrected chi connectivity index (χ4v) is 2.26. The van der Waals surface area contributed by atoms with Crippen molar-refractivity contribution in [3.8, 4) is 0 Å². The molecule has 0 aliphatic heterocycles. The van der Waals surface area contributed by atoms with Gasteiger partial charge in [-0.15, -0.1) is 0 Å². The van der Waals surface area contributed by atoms with Gasteiger partial charge in [-0.1, -0.05) is 11.6 Å². The zero-order chi connectivity index (χ0) is 14.3. The standard InChI is InChI=1S/C12H14ClIN2O3/c13-9-7-8(14)4-5-10(9)16-12(19)15-6-2-1-3-11(17)18/h4-5,7H,1-3,6H2,(H,17,18)(H2,15,16,19). The number of carboxylic acid groups (broad SMARTS) is 1. The SMILES string of the molecule is O=C(O)CCCCNC(=O)Nc1ccc(I)cc1Cl. The molecular weight excluding hydrogens is 382 g/mol. The molecule has 0 aliphatic rings. The molecule has 0 spiro atoms. The molecule has 1 aromatic carbocycles. The van der Waals surface area contributed by atoms with Gasteiger partial charge in [-0.05, 0) is 53.6 Å². The molecule has 0 aromatic heterocycles. The summed E-state index contributed by atoms with van der Waals surface area (Å²) in [5, 5.41) is 14.2. The van der Waals surface area contributed by atoms with E-state index >= 15 is 0 Å². The van der Waals surface area contributed by atoms with E-state index in [-0.39, 0.29) is 12.5 Å².